The number of benzene rings is 14. The highest BCUT2D eigenvalue weighted by Crippen LogP contribution is 2.54. The maximum atomic E-state index is 2.55. The number of fused-ring (bicyclic) bond motifs is 4. The van der Waals surface area contributed by atoms with Crippen molar-refractivity contribution in [3.63, 3.8) is 0 Å². The lowest BCUT2D eigenvalue weighted by atomic mass is 9.82. The molecule has 18 rings (SSSR count). The topological polar surface area (TPSA) is 6.48 Å². The average molecular weight is 1450 g/mol. The van der Waals surface area contributed by atoms with E-state index in [2.05, 4.69) is 342 Å². The lowest BCUT2D eigenvalue weighted by Crippen LogP contribution is -2.13. The van der Waals surface area contributed by atoms with E-state index in [4.69, 9.17) is 0 Å². The van der Waals surface area contributed by atoms with Crippen LogP contribution in [0.25, 0.3) is 101 Å². The van der Waals surface area contributed by atoms with Gasteiger partial charge in [-0.1, -0.05) is 304 Å². The second kappa shape index (κ2) is 31.8. The van der Waals surface area contributed by atoms with Gasteiger partial charge in [-0.15, -0.1) is 0 Å². The maximum absolute atomic E-state index is 2.55. The van der Waals surface area contributed by atoms with Gasteiger partial charge in [0.1, 0.15) is 0 Å². The fourth-order valence-corrected chi connectivity index (χ4v) is 18.7. The van der Waals surface area contributed by atoms with Crippen molar-refractivity contribution in [2.24, 2.45) is 0 Å². The molecule has 554 valence electrons. The van der Waals surface area contributed by atoms with Crippen LogP contribution < -0.4 is 9.80 Å². The van der Waals surface area contributed by atoms with E-state index >= 15 is 0 Å². The van der Waals surface area contributed by atoms with E-state index in [0.717, 1.165) is 39.6 Å². The van der Waals surface area contributed by atoms with Gasteiger partial charge in [0, 0.05) is 44.3 Å². The van der Waals surface area contributed by atoms with Crippen LogP contribution in [0, 0.1) is 13.8 Å². The fourth-order valence-electron chi connectivity index (χ4n) is 18.7. The minimum Gasteiger partial charge on any atom is -0.310 e. The Morgan fingerprint density at radius 2 is 0.589 bits per heavy atom. The van der Waals surface area contributed by atoms with Gasteiger partial charge in [-0.3, -0.25) is 0 Å². The number of nitrogens with zero attached hydrogens (tertiary/aromatic N) is 2. The Balaban J connectivity index is 0.758. The van der Waals surface area contributed by atoms with Crippen LogP contribution in [0.2, 0.25) is 0 Å². The molecule has 2 nitrogen and oxygen atoms in total. The molecule has 4 saturated carbocycles. The second-order valence-corrected chi connectivity index (χ2v) is 33.9. The predicted molar refractivity (Wildman–Crippen MR) is 487 cm³/mol. The summed E-state index contributed by atoms with van der Waals surface area (Å²) in [5.41, 5.74) is 31.6. The largest absolute Gasteiger partial charge is 0.310 e. The fraction of sp³-hybridized carbons (Fsp3) is 0.236. The lowest BCUT2D eigenvalue weighted by Gasteiger charge is -2.31. The van der Waals surface area contributed by atoms with E-state index in [-0.39, 0.29) is 5.41 Å². The first-order valence-electron chi connectivity index (χ1n) is 42.1. The van der Waals surface area contributed by atoms with E-state index in [1.54, 1.807) is 22.3 Å². The van der Waals surface area contributed by atoms with Crippen LogP contribution in [0.1, 0.15) is 222 Å². The van der Waals surface area contributed by atoms with Gasteiger partial charge in [0.25, 0.3) is 0 Å². The molecular weight excluding hydrogens is 1350 g/mol. The standard InChI is InChI=1S/C110H104N2/c1-75-32-57-92(58-33-75)111(93-61-44-85(45-62-93)72-102(87-48-36-81(37-49-87)68-77-20-10-6-11-21-77)88-50-38-82(39-51-88)69-78-22-12-7-13-23-78)105-67-66-97-96-28-18-31-101-107(96)108(100-30-19-29-99(105)106(97)100)104-74-91(110(3,4)5)56-65-98(104)109(101)112(94-59-34-76(2)35-60-94)95-63-46-86(47-64-95)73-103(89-52-40-83(41-53-89)70-79-24-14-8-15-25-79)90-54-42-84(43-55-90)71-80-26-16-9-17-27-80/h18-19,28-74H,6-17,20-27H2,1-5H3. The molecule has 14 aromatic carbocycles. The summed E-state index contributed by atoms with van der Waals surface area (Å²) in [6.07, 6.45) is 40.2. The van der Waals surface area contributed by atoms with Gasteiger partial charge >= 0.3 is 0 Å². The highest BCUT2D eigenvalue weighted by Gasteiger charge is 2.28. The van der Waals surface area contributed by atoms with Crippen LogP contribution in [0.15, 0.2) is 283 Å². The Labute approximate surface area is 665 Å². The Morgan fingerprint density at radius 3 is 0.982 bits per heavy atom. The lowest BCUT2D eigenvalue weighted by molar-refractivity contribution is 0.591. The number of rotatable bonds is 16. The van der Waals surface area contributed by atoms with Gasteiger partial charge in [0.05, 0.1) is 11.4 Å². The van der Waals surface area contributed by atoms with Crippen LogP contribution >= 0.6 is 0 Å². The molecule has 0 N–H and O–H groups in total. The SMILES string of the molecule is Cc1ccc(N(c2ccc(C=C(c3ccc(C=C4CCCCC4)cc3)c3ccc(C=C4CCCCC4)cc3)cc2)c2ccc3c4cccc5c(N(c6ccc(C)cc6)c6ccc(C=C(c7ccc(C=C8CCCCC8)cc7)c7ccc(C=C8CCCCC8)cc7)cc6)c6ccc(C(C)(C)C)cc6c(c6cccc2c36)c54)cc1. The van der Waals surface area contributed by atoms with Gasteiger partial charge in [0.2, 0.25) is 0 Å². The Hall–Kier alpha value is -11.3. The number of anilines is 6. The van der Waals surface area contributed by atoms with Crippen LogP contribution in [-0.2, 0) is 5.41 Å². The first-order chi connectivity index (χ1) is 54.9. The first-order valence-corrected chi connectivity index (χ1v) is 42.1. The summed E-state index contributed by atoms with van der Waals surface area (Å²) in [5.74, 6) is 0. The molecule has 4 aliphatic rings. The number of aryl methyl sites for hydroxylation is 2. The minimum absolute atomic E-state index is 0.111. The Kier molecular flexibility index (Phi) is 20.5. The smallest absolute Gasteiger partial charge is 0.0619 e. The van der Waals surface area contributed by atoms with E-state index < -0.39 is 0 Å². The molecule has 0 spiro atoms. The van der Waals surface area contributed by atoms with E-state index in [1.165, 1.54) is 260 Å². The summed E-state index contributed by atoms with van der Waals surface area (Å²) in [6, 6.07) is 101. The highest BCUT2D eigenvalue weighted by atomic mass is 15.2. The molecule has 0 unspecified atom stereocenters. The minimum atomic E-state index is -0.111. The monoisotopic (exact) mass is 1450 g/mol. The van der Waals surface area contributed by atoms with Crippen molar-refractivity contribution < 1.29 is 0 Å². The van der Waals surface area contributed by atoms with Crippen LogP contribution in [0.5, 0.6) is 0 Å². The zero-order chi connectivity index (χ0) is 75.7. The molecule has 0 heterocycles. The van der Waals surface area contributed by atoms with E-state index in [9.17, 15) is 0 Å². The van der Waals surface area contributed by atoms with E-state index in [1.807, 2.05) is 0 Å². The molecular formula is C110H104N2. The zero-order valence-corrected chi connectivity index (χ0v) is 66.3. The van der Waals surface area contributed by atoms with Gasteiger partial charge in [-0.05, 0) is 299 Å². The summed E-state index contributed by atoms with van der Waals surface area (Å²) >= 11 is 0. The summed E-state index contributed by atoms with van der Waals surface area (Å²) in [5, 5.41) is 12.5. The Bertz CT molecular complexity index is 5790. The zero-order valence-electron chi connectivity index (χ0n) is 66.3. The van der Waals surface area contributed by atoms with Crippen LogP contribution in [-0.4, -0.2) is 0 Å². The third-order valence-electron chi connectivity index (χ3n) is 24.9. The van der Waals surface area contributed by atoms with Crippen molar-refractivity contribution in [2.75, 3.05) is 9.80 Å². The first kappa shape index (κ1) is 72.2. The summed E-state index contributed by atoms with van der Waals surface area (Å²) in [6.45, 7) is 11.5. The second-order valence-electron chi connectivity index (χ2n) is 33.9. The summed E-state index contributed by atoms with van der Waals surface area (Å²) in [7, 11) is 0. The maximum Gasteiger partial charge on any atom is 0.0619 e. The molecule has 0 aliphatic heterocycles. The molecule has 0 bridgehead atoms. The van der Waals surface area contributed by atoms with Crippen LogP contribution in [0.4, 0.5) is 34.1 Å². The van der Waals surface area contributed by atoms with Crippen LogP contribution in [0.3, 0.4) is 0 Å². The van der Waals surface area contributed by atoms with Gasteiger partial charge in [0.15, 0.2) is 0 Å². The molecule has 4 fully saturated rings. The average Bonchev–Trinajstić information content (AvgIpc) is 0.691. The molecule has 0 amide bonds. The normalized spacial score (nSPS) is 14.9. The molecule has 0 atom stereocenters. The number of hydrogen-bond acceptors (Lipinski definition) is 2. The predicted octanol–water partition coefficient (Wildman–Crippen LogP) is 32.3. The van der Waals surface area contributed by atoms with E-state index in [0.29, 0.717) is 0 Å². The quantitative estimate of drug-likeness (QED) is 0.0540. The molecule has 0 radical (unpaired) electrons. The van der Waals surface area contributed by atoms with Gasteiger partial charge < -0.3 is 9.80 Å². The summed E-state index contributed by atoms with van der Waals surface area (Å²) < 4.78 is 0. The molecule has 4 aliphatic carbocycles. The molecule has 112 heavy (non-hydrogen) atoms. The third-order valence-corrected chi connectivity index (χ3v) is 24.9. The van der Waals surface area contributed by atoms with Crippen molar-refractivity contribution in [2.45, 2.75) is 168 Å². The van der Waals surface area contributed by atoms with Crippen molar-refractivity contribution in [3.8, 4) is 0 Å². The molecule has 0 saturated heterocycles. The highest BCUT2D eigenvalue weighted by molar-refractivity contribution is 6.41. The van der Waals surface area contributed by atoms with Crippen molar-refractivity contribution in [3.05, 3.63) is 355 Å². The molecule has 0 aromatic heterocycles. The number of hydrogen-bond donors (Lipinski definition) is 0. The molecule has 14 aromatic rings. The third kappa shape index (κ3) is 15.2. The molecule has 2 heteroatoms. The van der Waals surface area contributed by atoms with Gasteiger partial charge in [-0.25, -0.2) is 0 Å². The van der Waals surface area contributed by atoms with Gasteiger partial charge in [-0.2, -0.15) is 0 Å². The summed E-state index contributed by atoms with van der Waals surface area (Å²) in [4.78, 5) is 5.05. The van der Waals surface area contributed by atoms with Crippen molar-refractivity contribution in [1.29, 1.82) is 0 Å². The van der Waals surface area contributed by atoms with Crippen molar-refractivity contribution in [1.82, 2.24) is 0 Å². The van der Waals surface area contributed by atoms with Crippen molar-refractivity contribution >= 4 is 136 Å². The number of allylic oxidation sites excluding steroid dienone is 4. The Morgan fingerprint density at radius 1 is 0.268 bits per heavy atom.